The molecule has 34 heavy (non-hydrogen) atoms. The van der Waals surface area contributed by atoms with Crippen LogP contribution in [0.4, 0.5) is 5.69 Å². The van der Waals surface area contributed by atoms with Gasteiger partial charge in [0, 0.05) is 28.6 Å². The number of aryl methyl sites for hydroxylation is 2. The van der Waals surface area contributed by atoms with Gasteiger partial charge in [0.2, 0.25) is 5.88 Å². The van der Waals surface area contributed by atoms with Crippen LogP contribution < -0.4 is 14.2 Å². The lowest BCUT2D eigenvalue weighted by Gasteiger charge is -2.13. The van der Waals surface area contributed by atoms with Gasteiger partial charge in [-0.1, -0.05) is 15.9 Å². The summed E-state index contributed by atoms with van der Waals surface area (Å²) >= 11 is 3.31. The number of nitrogens with one attached hydrogen (secondary N) is 1. The van der Waals surface area contributed by atoms with Crippen molar-refractivity contribution in [2.75, 3.05) is 11.3 Å². The Kier molecular flexibility index (Phi) is 6.85. The lowest BCUT2D eigenvalue weighted by molar-refractivity contribution is 0.331. The van der Waals surface area contributed by atoms with Crippen LogP contribution in [0.2, 0.25) is 0 Å². The van der Waals surface area contributed by atoms with Gasteiger partial charge < -0.3 is 9.47 Å². The normalized spacial score (nSPS) is 11.3. The molecule has 0 radical (unpaired) electrons. The molecule has 0 amide bonds. The maximum absolute atomic E-state index is 13.0. The molecule has 0 aliphatic rings. The molecular weight excluding hydrogens is 522 g/mol. The third-order valence-electron chi connectivity index (χ3n) is 4.70. The van der Waals surface area contributed by atoms with Crippen molar-refractivity contribution in [3.63, 3.8) is 0 Å². The smallest absolute Gasteiger partial charge is 0.265 e. The summed E-state index contributed by atoms with van der Waals surface area (Å²) in [6.07, 6.45) is 3.50. The van der Waals surface area contributed by atoms with Gasteiger partial charge in [0.1, 0.15) is 33.9 Å². The number of anilines is 1. The summed E-state index contributed by atoms with van der Waals surface area (Å²) in [5.74, 6) is 3.11. The topological polar surface area (TPSA) is 108 Å². The molecule has 0 fully saturated rings. The number of rotatable bonds is 8. The van der Waals surface area contributed by atoms with Gasteiger partial charge in [-0.25, -0.2) is 18.4 Å². The zero-order valence-electron chi connectivity index (χ0n) is 18.7. The highest BCUT2D eigenvalue weighted by molar-refractivity contribution is 9.10. The van der Waals surface area contributed by atoms with Crippen molar-refractivity contribution in [2.24, 2.45) is 0 Å². The first-order chi connectivity index (χ1) is 16.2. The lowest BCUT2D eigenvalue weighted by atomic mass is 10.3. The monoisotopic (exact) mass is 543 g/mol. The molecule has 2 aromatic carbocycles. The summed E-state index contributed by atoms with van der Waals surface area (Å²) < 4.78 is 42.3. The highest BCUT2D eigenvalue weighted by Gasteiger charge is 2.20. The second-order valence-corrected chi connectivity index (χ2v) is 9.78. The highest BCUT2D eigenvalue weighted by atomic mass is 79.9. The zero-order valence-corrected chi connectivity index (χ0v) is 21.1. The number of nitrogens with zero attached hydrogens (tertiary/aromatic N) is 4. The van der Waals surface area contributed by atoms with E-state index in [1.54, 1.807) is 62.5 Å². The minimum Gasteiger partial charge on any atom is -0.492 e. The average Bonchev–Trinajstić information content (AvgIpc) is 3.22. The molecular formula is C23H22BrN5O4S. The van der Waals surface area contributed by atoms with E-state index < -0.39 is 10.0 Å². The van der Waals surface area contributed by atoms with E-state index in [0.717, 1.165) is 5.82 Å². The summed E-state index contributed by atoms with van der Waals surface area (Å²) in [5.41, 5.74) is 0.378. The molecule has 4 rings (SSSR count). The summed E-state index contributed by atoms with van der Waals surface area (Å²) in [5, 5.41) is 0. The maximum Gasteiger partial charge on any atom is 0.265 e. The highest BCUT2D eigenvalue weighted by Crippen LogP contribution is 2.30. The number of halogens is 1. The summed E-state index contributed by atoms with van der Waals surface area (Å²) in [6.45, 7) is 5.80. The minimum absolute atomic E-state index is 0.0443. The standard InChI is InChI=1S/C23H22BrN5O4S/c1-4-32-20-10-5-17(24)13-21(20)34(30,31)28-18-6-8-19(9-7-18)33-23-14-22(26-15(2)27-23)29-12-11-25-16(29)3/h5-14,28H,4H2,1-3H3. The minimum atomic E-state index is -3.88. The molecule has 0 bridgehead atoms. The van der Waals surface area contributed by atoms with Crippen molar-refractivity contribution < 1.29 is 17.9 Å². The van der Waals surface area contributed by atoms with Crippen LogP contribution in [0.3, 0.4) is 0 Å². The van der Waals surface area contributed by atoms with E-state index in [1.807, 2.05) is 17.7 Å². The number of aromatic nitrogens is 4. The third-order valence-corrected chi connectivity index (χ3v) is 6.59. The zero-order chi connectivity index (χ0) is 24.3. The van der Waals surface area contributed by atoms with Gasteiger partial charge in [-0.2, -0.15) is 4.98 Å². The van der Waals surface area contributed by atoms with Crippen LogP contribution in [0.25, 0.3) is 5.82 Å². The first-order valence-corrected chi connectivity index (χ1v) is 12.6. The first kappa shape index (κ1) is 23.7. The SMILES string of the molecule is CCOc1ccc(Br)cc1S(=O)(=O)Nc1ccc(Oc2cc(-n3ccnc3C)nc(C)n2)cc1. The number of sulfonamides is 1. The second-order valence-electron chi connectivity index (χ2n) is 7.21. The molecule has 1 N–H and O–H groups in total. The Morgan fingerprint density at radius 3 is 2.50 bits per heavy atom. The van der Waals surface area contributed by atoms with Crippen LogP contribution in [-0.4, -0.2) is 34.5 Å². The molecule has 0 atom stereocenters. The lowest BCUT2D eigenvalue weighted by Crippen LogP contribution is -2.14. The fourth-order valence-corrected chi connectivity index (χ4v) is 4.95. The summed E-state index contributed by atoms with van der Waals surface area (Å²) in [4.78, 5) is 13.0. The summed E-state index contributed by atoms with van der Waals surface area (Å²) in [6, 6.07) is 13.1. The molecule has 176 valence electrons. The van der Waals surface area contributed by atoms with Gasteiger partial charge in [-0.05, 0) is 63.2 Å². The van der Waals surface area contributed by atoms with E-state index in [4.69, 9.17) is 9.47 Å². The van der Waals surface area contributed by atoms with Crippen LogP contribution >= 0.6 is 15.9 Å². The Labute approximate surface area is 206 Å². The number of imidazole rings is 1. The predicted molar refractivity (Wildman–Crippen MR) is 131 cm³/mol. The number of hydrogen-bond acceptors (Lipinski definition) is 7. The Bertz CT molecular complexity index is 1420. The Balaban J connectivity index is 1.53. The molecule has 2 heterocycles. The van der Waals surface area contributed by atoms with Crippen LogP contribution in [0, 0.1) is 13.8 Å². The first-order valence-electron chi connectivity index (χ1n) is 10.3. The van der Waals surface area contributed by atoms with Gasteiger partial charge >= 0.3 is 0 Å². The van der Waals surface area contributed by atoms with Gasteiger partial charge in [0.15, 0.2) is 0 Å². The summed E-state index contributed by atoms with van der Waals surface area (Å²) in [7, 11) is -3.88. The van der Waals surface area contributed by atoms with Crippen LogP contribution in [0.15, 0.2) is 70.3 Å². The molecule has 0 aliphatic carbocycles. The predicted octanol–water partition coefficient (Wildman–Crippen LogP) is 5.03. The maximum atomic E-state index is 13.0. The van der Waals surface area contributed by atoms with E-state index in [-0.39, 0.29) is 10.6 Å². The van der Waals surface area contributed by atoms with Gasteiger partial charge in [0.25, 0.3) is 10.0 Å². The van der Waals surface area contributed by atoms with E-state index >= 15 is 0 Å². The number of ether oxygens (including phenoxy) is 2. The van der Waals surface area contributed by atoms with E-state index in [2.05, 4.69) is 35.6 Å². The quantitative estimate of drug-likeness (QED) is 0.331. The van der Waals surface area contributed by atoms with Crippen LogP contribution in [0.5, 0.6) is 17.4 Å². The molecule has 0 unspecified atom stereocenters. The van der Waals surface area contributed by atoms with E-state index in [1.165, 1.54) is 6.07 Å². The van der Waals surface area contributed by atoms with Gasteiger partial charge in [-0.15, -0.1) is 0 Å². The molecule has 9 nitrogen and oxygen atoms in total. The average molecular weight is 544 g/mol. The van der Waals surface area contributed by atoms with Crippen LogP contribution in [-0.2, 0) is 10.0 Å². The van der Waals surface area contributed by atoms with Crippen molar-refractivity contribution >= 4 is 31.6 Å². The van der Waals surface area contributed by atoms with Crippen LogP contribution in [0.1, 0.15) is 18.6 Å². The number of benzene rings is 2. The fraction of sp³-hybridized carbons (Fsp3) is 0.174. The Morgan fingerprint density at radius 2 is 1.82 bits per heavy atom. The molecule has 0 aliphatic heterocycles. The van der Waals surface area contributed by atoms with Crippen molar-refractivity contribution in [2.45, 2.75) is 25.7 Å². The van der Waals surface area contributed by atoms with Crippen molar-refractivity contribution in [1.29, 1.82) is 0 Å². The largest absolute Gasteiger partial charge is 0.492 e. The fourth-order valence-electron chi connectivity index (χ4n) is 3.21. The van der Waals surface area contributed by atoms with Crippen molar-refractivity contribution in [3.8, 4) is 23.2 Å². The number of hydrogen-bond donors (Lipinski definition) is 1. The Hall–Kier alpha value is -3.44. The van der Waals surface area contributed by atoms with Gasteiger partial charge in [-0.3, -0.25) is 9.29 Å². The van der Waals surface area contributed by atoms with Crippen molar-refractivity contribution in [1.82, 2.24) is 19.5 Å². The van der Waals surface area contributed by atoms with E-state index in [9.17, 15) is 8.42 Å². The molecule has 0 saturated heterocycles. The Morgan fingerprint density at radius 1 is 1.06 bits per heavy atom. The molecule has 0 spiro atoms. The molecule has 0 saturated carbocycles. The van der Waals surface area contributed by atoms with Gasteiger partial charge in [0.05, 0.1) is 6.61 Å². The van der Waals surface area contributed by atoms with E-state index in [0.29, 0.717) is 40.0 Å². The molecule has 11 heteroatoms. The second kappa shape index (κ2) is 9.82. The molecule has 4 aromatic rings. The van der Waals surface area contributed by atoms with Crippen molar-refractivity contribution in [3.05, 3.63) is 77.0 Å². The third kappa shape index (κ3) is 5.37. The molecule has 2 aromatic heterocycles.